The molecule has 0 amide bonds. The van der Waals surface area contributed by atoms with Gasteiger partial charge in [-0.05, 0) is 42.2 Å². The van der Waals surface area contributed by atoms with Crippen molar-refractivity contribution in [3.8, 4) is 0 Å². The molecular weight excluding hydrogens is 204 g/mol. The third-order valence-electron chi connectivity index (χ3n) is 3.70. The van der Waals surface area contributed by atoms with E-state index >= 15 is 0 Å². The van der Waals surface area contributed by atoms with Crippen LogP contribution in [0.15, 0.2) is 24.3 Å². The van der Waals surface area contributed by atoms with Crippen LogP contribution < -0.4 is 0 Å². The zero-order chi connectivity index (χ0) is 11.1. The first-order chi connectivity index (χ1) is 7.00. The molecule has 1 aliphatic carbocycles. The first-order valence-corrected chi connectivity index (χ1v) is 6.13. The van der Waals surface area contributed by atoms with Gasteiger partial charge in [-0.2, -0.15) is 0 Å². The average Bonchev–Trinajstić information content (AvgIpc) is 2.79. The number of hydrogen-bond acceptors (Lipinski definition) is 0. The van der Waals surface area contributed by atoms with E-state index in [2.05, 4.69) is 45.0 Å². The van der Waals surface area contributed by atoms with Crippen LogP contribution in [-0.4, -0.2) is 5.38 Å². The molecule has 0 aromatic heterocycles. The van der Waals surface area contributed by atoms with E-state index in [1.54, 1.807) is 0 Å². The molecule has 1 heteroatoms. The van der Waals surface area contributed by atoms with E-state index in [0.717, 1.165) is 6.42 Å². The zero-order valence-electron chi connectivity index (χ0n) is 9.76. The fourth-order valence-corrected chi connectivity index (χ4v) is 2.91. The Bertz CT molecular complexity index is 354. The Balaban J connectivity index is 2.01. The highest BCUT2D eigenvalue weighted by Crippen LogP contribution is 2.55. The molecule has 1 aromatic carbocycles. The molecule has 82 valence electrons. The maximum absolute atomic E-state index is 6.47. The molecule has 2 rings (SSSR count). The first-order valence-electron chi connectivity index (χ1n) is 5.69. The predicted molar refractivity (Wildman–Crippen MR) is 66.4 cm³/mol. The Kier molecular flexibility index (Phi) is 2.81. The van der Waals surface area contributed by atoms with Crippen molar-refractivity contribution in [2.24, 2.45) is 11.3 Å². The van der Waals surface area contributed by atoms with Crippen LogP contribution in [0, 0.1) is 18.3 Å². The minimum atomic E-state index is 0.307. The summed E-state index contributed by atoms with van der Waals surface area (Å²) in [6, 6.07) is 8.55. The predicted octanol–water partition coefficient (Wildman–Crippen LogP) is 4.19. The van der Waals surface area contributed by atoms with E-state index in [1.807, 2.05) is 0 Å². The van der Waals surface area contributed by atoms with Crippen LogP contribution in [0.5, 0.6) is 0 Å². The fraction of sp³-hybridized carbons (Fsp3) is 0.571. The minimum absolute atomic E-state index is 0.307. The van der Waals surface area contributed by atoms with Gasteiger partial charge in [0.2, 0.25) is 0 Å². The molecule has 1 aromatic rings. The molecule has 0 N–H and O–H groups in total. The van der Waals surface area contributed by atoms with Crippen LogP contribution in [0.3, 0.4) is 0 Å². The van der Waals surface area contributed by atoms with E-state index in [-0.39, 0.29) is 0 Å². The van der Waals surface area contributed by atoms with Gasteiger partial charge in [0.1, 0.15) is 0 Å². The average molecular weight is 223 g/mol. The van der Waals surface area contributed by atoms with Gasteiger partial charge in [-0.1, -0.05) is 38.1 Å². The van der Waals surface area contributed by atoms with Crippen molar-refractivity contribution in [3.05, 3.63) is 35.4 Å². The van der Waals surface area contributed by atoms with Crippen LogP contribution in [-0.2, 0) is 6.42 Å². The summed E-state index contributed by atoms with van der Waals surface area (Å²) in [7, 11) is 0. The van der Waals surface area contributed by atoms with Gasteiger partial charge in [-0.15, -0.1) is 11.6 Å². The topological polar surface area (TPSA) is 0 Å². The van der Waals surface area contributed by atoms with Gasteiger partial charge in [0.15, 0.2) is 0 Å². The smallest absolute Gasteiger partial charge is 0.0409 e. The van der Waals surface area contributed by atoms with Crippen LogP contribution in [0.25, 0.3) is 0 Å². The van der Waals surface area contributed by atoms with E-state index in [0.29, 0.717) is 16.7 Å². The van der Waals surface area contributed by atoms with Gasteiger partial charge in [0.25, 0.3) is 0 Å². The second-order valence-electron chi connectivity index (χ2n) is 5.45. The number of halogens is 1. The summed E-state index contributed by atoms with van der Waals surface area (Å²) in [6.45, 7) is 6.78. The SMILES string of the molecule is Cc1ccccc1CC(Cl)C1CC1(C)C. The number of alkyl halides is 1. The molecule has 0 aliphatic heterocycles. The minimum Gasteiger partial charge on any atom is -0.122 e. The van der Waals surface area contributed by atoms with Gasteiger partial charge in [-0.3, -0.25) is 0 Å². The van der Waals surface area contributed by atoms with Crippen molar-refractivity contribution >= 4 is 11.6 Å². The Labute approximate surface area is 97.6 Å². The lowest BCUT2D eigenvalue weighted by Crippen LogP contribution is -2.10. The first kappa shape index (κ1) is 11.0. The summed E-state index contributed by atoms with van der Waals surface area (Å²) in [5, 5.41) is 0.307. The van der Waals surface area contributed by atoms with Gasteiger partial charge >= 0.3 is 0 Å². The quantitative estimate of drug-likeness (QED) is 0.673. The highest BCUT2D eigenvalue weighted by atomic mass is 35.5. The lowest BCUT2D eigenvalue weighted by Gasteiger charge is -2.12. The monoisotopic (exact) mass is 222 g/mol. The Morgan fingerprint density at radius 2 is 2.00 bits per heavy atom. The van der Waals surface area contributed by atoms with Crippen molar-refractivity contribution in [1.29, 1.82) is 0 Å². The summed E-state index contributed by atoms with van der Waals surface area (Å²) in [4.78, 5) is 0. The largest absolute Gasteiger partial charge is 0.122 e. The van der Waals surface area contributed by atoms with E-state index in [4.69, 9.17) is 11.6 Å². The van der Waals surface area contributed by atoms with Gasteiger partial charge in [-0.25, -0.2) is 0 Å². The molecule has 2 unspecified atom stereocenters. The molecule has 15 heavy (non-hydrogen) atoms. The van der Waals surface area contributed by atoms with Crippen molar-refractivity contribution in [3.63, 3.8) is 0 Å². The zero-order valence-corrected chi connectivity index (χ0v) is 10.5. The number of aryl methyl sites for hydroxylation is 1. The van der Waals surface area contributed by atoms with Crippen LogP contribution in [0.1, 0.15) is 31.4 Å². The third-order valence-corrected chi connectivity index (χ3v) is 4.16. The van der Waals surface area contributed by atoms with E-state index in [9.17, 15) is 0 Å². The standard InChI is InChI=1S/C14H19Cl/c1-10-6-4-5-7-11(10)8-13(15)12-9-14(12,2)3/h4-7,12-13H,8-9H2,1-3H3. The van der Waals surface area contributed by atoms with Crippen LogP contribution in [0.2, 0.25) is 0 Å². The number of rotatable bonds is 3. The van der Waals surface area contributed by atoms with Crippen molar-refractivity contribution in [1.82, 2.24) is 0 Å². The molecule has 1 aliphatic rings. The van der Waals surface area contributed by atoms with Gasteiger partial charge < -0.3 is 0 Å². The fourth-order valence-electron chi connectivity index (χ4n) is 2.32. The molecular formula is C14H19Cl. The normalized spacial score (nSPS) is 24.9. The summed E-state index contributed by atoms with van der Waals surface area (Å²) in [5.74, 6) is 0.707. The Morgan fingerprint density at radius 3 is 2.53 bits per heavy atom. The molecule has 0 heterocycles. The highest BCUT2D eigenvalue weighted by molar-refractivity contribution is 6.21. The Hall–Kier alpha value is -0.490. The maximum Gasteiger partial charge on any atom is 0.0409 e. The molecule has 0 radical (unpaired) electrons. The molecule has 0 nitrogen and oxygen atoms in total. The summed E-state index contributed by atoms with van der Waals surface area (Å²) < 4.78 is 0. The highest BCUT2D eigenvalue weighted by Gasteiger charge is 2.49. The van der Waals surface area contributed by atoms with Crippen molar-refractivity contribution in [2.75, 3.05) is 0 Å². The van der Waals surface area contributed by atoms with Gasteiger partial charge in [0, 0.05) is 5.38 Å². The molecule has 0 bridgehead atoms. The van der Waals surface area contributed by atoms with E-state index in [1.165, 1.54) is 17.5 Å². The Morgan fingerprint density at radius 1 is 1.40 bits per heavy atom. The molecule has 0 saturated heterocycles. The van der Waals surface area contributed by atoms with Gasteiger partial charge in [0.05, 0.1) is 0 Å². The second-order valence-corrected chi connectivity index (χ2v) is 6.01. The molecule has 0 spiro atoms. The molecule has 1 fully saturated rings. The van der Waals surface area contributed by atoms with Crippen LogP contribution in [0.4, 0.5) is 0 Å². The lowest BCUT2D eigenvalue weighted by atomic mass is 9.99. The summed E-state index contributed by atoms with van der Waals surface area (Å²) in [5.41, 5.74) is 3.25. The molecule has 1 saturated carbocycles. The second kappa shape index (κ2) is 3.83. The lowest BCUT2D eigenvalue weighted by molar-refractivity contribution is 0.537. The van der Waals surface area contributed by atoms with Crippen molar-refractivity contribution < 1.29 is 0 Å². The van der Waals surface area contributed by atoms with Crippen LogP contribution >= 0.6 is 11.6 Å². The number of hydrogen-bond donors (Lipinski definition) is 0. The molecule has 2 atom stereocenters. The van der Waals surface area contributed by atoms with E-state index < -0.39 is 0 Å². The van der Waals surface area contributed by atoms with Crippen molar-refractivity contribution in [2.45, 2.75) is 39.0 Å². The summed E-state index contributed by atoms with van der Waals surface area (Å²) in [6.07, 6.45) is 2.30. The third kappa shape index (κ3) is 2.36. The maximum atomic E-state index is 6.47. The summed E-state index contributed by atoms with van der Waals surface area (Å²) >= 11 is 6.47. The number of benzene rings is 1.